The van der Waals surface area contributed by atoms with Gasteiger partial charge in [0.05, 0.1) is 11.4 Å². The number of carbonyl (C=O) groups excluding carboxylic acids is 2. The Hall–Kier alpha value is -1.93. The minimum absolute atomic E-state index is 0.103. The first kappa shape index (κ1) is 20.4. The van der Waals surface area contributed by atoms with Crippen LogP contribution in [-0.2, 0) is 19.6 Å². The lowest BCUT2D eigenvalue weighted by Crippen LogP contribution is -2.49. The summed E-state index contributed by atoms with van der Waals surface area (Å²) >= 11 is 0. The van der Waals surface area contributed by atoms with Crippen molar-refractivity contribution in [3.63, 3.8) is 0 Å². The molecule has 144 valence electrons. The topological polar surface area (TPSA) is 104 Å². The molecular weight excluding hydrogens is 354 g/mol. The van der Waals surface area contributed by atoms with Crippen LogP contribution in [-0.4, -0.2) is 38.9 Å². The van der Waals surface area contributed by atoms with Gasteiger partial charge < -0.3 is 10.6 Å². The van der Waals surface area contributed by atoms with E-state index in [4.69, 9.17) is 0 Å². The molecule has 0 aliphatic heterocycles. The molecule has 8 heteroatoms. The second-order valence-electron chi connectivity index (χ2n) is 7.18. The molecule has 0 spiro atoms. The molecule has 1 aliphatic rings. The maximum Gasteiger partial charge on any atom is 0.241 e. The second kappa shape index (κ2) is 8.64. The van der Waals surface area contributed by atoms with Crippen LogP contribution in [0.15, 0.2) is 29.2 Å². The Kier molecular flexibility index (Phi) is 6.77. The molecular formula is C18H27N3O4S. The van der Waals surface area contributed by atoms with E-state index in [-0.39, 0.29) is 29.3 Å². The van der Waals surface area contributed by atoms with Gasteiger partial charge >= 0.3 is 0 Å². The van der Waals surface area contributed by atoms with Crippen LogP contribution in [0.25, 0.3) is 0 Å². The monoisotopic (exact) mass is 381 g/mol. The van der Waals surface area contributed by atoms with Crippen LogP contribution >= 0.6 is 0 Å². The highest BCUT2D eigenvalue weighted by Gasteiger charge is 2.27. The molecule has 1 atom stereocenters. The Morgan fingerprint density at radius 1 is 1.15 bits per heavy atom. The lowest BCUT2D eigenvalue weighted by molar-refractivity contribution is -0.127. The van der Waals surface area contributed by atoms with E-state index in [2.05, 4.69) is 15.4 Å². The molecule has 0 saturated heterocycles. The van der Waals surface area contributed by atoms with E-state index in [1.165, 1.54) is 12.1 Å². The van der Waals surface area contributed by atoms with Gasteiger partial charge in [-0.1, -0.05) is 31.5 Å². The highest BCUT2D eigenvalue weighted by Crippen LogP contribution is 2.18. The molecule has 1 aliphatic carbocycles. The fourth-order valence-corrected chi connectivity index (χ4v) is 3.66. The number of carbonyl (C=O) groups is 2. The summed E-state index contributed by atoms with van der Waals surface area (Å²) < 4.78 is 27.6. The van der Waals surface area contributed by atoms with E-state index in [0.29, 0.717) is 6.42 Å². The minimum atomic E-state index is -3.83. The summed E-state index contributed by atoms with van der Waals surface area (Å²) in [5, 5.41) is 5.30. The van der Waals surface area contributed by atoms with Gasteiger partial charge in [0.2, 0.25) is 21.8 Å². The van der Waals surface area contributed by atoms with Gasteiger partial charge in [-0.3, -0.25) is 9.59 Å². The van der Waals surface area contributed by atoms with Crippen molar-refractivity contribution in [2.45, 2.75) is 57.0 Å². The summed E-state index contributed by atoms with van der Waals surface area (Å²) in [4.78, 5) is 24.3. The van der Waals surface area contributed by atoms with Gasteiger partial charge in [0.25, 0.3) is 0 Å². The molecule has 2 amide bonds. The van der Waals surface area contributed by atoms with Crippen LogP contribution in [0.2, 0.25) is 0 Å². The van der Waals surface area contributed by atoms with Crippen molar-refractivity contribution in [2.75, 3.05) is 6.54 Å². The predicted molar refractivity (Wildman–Crippen MR) is 98.9 cm³/mol. The van der Waals surface area contributed by atoms with Gasteiger partial charge in [-0.25, -0.2) is 8.42 Å². The van der Waals surface area contributed by atoms with Crippen molar-refractivity contribution in [1.82, 2.24) is 15.4 Å². The van der Waals surface area contributed by atoms with Crippen molar-refractivity contribution in [1.29, 1.82) is 0 Å². The van der Waals surface area contributed by atoms with Crippen LogP contribution < -0.4 is 15.4 Å². The molecule has 26 heavy (non-hydrogen) atoms. The minimum Gasteiger partial charge on any atom is -0.352 e. The Balaban J connectivity index is 2.01. The zero-order valence-corrected chi connectivity index (χ0v) is 16.2. The number of aryl methyl sites for hydroxylation is 1. The number of rotatable bonds is 9. The maximum absolute atomic E-state index is 12.6. The average molecular weight is 381 g/mol. The first-order valence-corrected chi connectivity index (χ1v) is 10.3. The van der Waals surface area contributed by atoms with Crippen molar-refractivity contribution in [3.8, 4) is 0 Å². The fraction of sp³-hybridized carbons (Fsp3) is 0.556. The third-order valence-electron chi connectivity index (χ3n) is 4.02. The molecule has 1 fully saturated rings. The van der Waals surface area contributed by atoms with Crippen molar-refractivity contribution < 1.29 is 18.0 Å². The number of hydrogen-bond donors (Lipinski definition) is 3. The Bertz CT molecular complexity index is 740. The summed E-state index contributed by atoms with van der Waals surface area (Å²) in [6.45, 7) is 5.52. The Labute approximate surface area is 155 Å². The predicted octanol–water partition coefficient (Wildman–Crippen LogP) is 1.08. The lowest BCUT2D eigenvalue weighted by atomic mass is 10.0. The number of nitrogens with one attached hydrogen (secondary N) is 3. The standard InChI is InChI=1S/C18H27N3O4S/c1-12(2)10-16(18(23)19-11-17(22)20-14-6-7-14)21-26(24,25)15-8-4-13(3)5-9-15/h4-5,8-9,12,14,16,21H,6-7,10-11H2,1-3H3,(H,19,23)(H,20,22). The van der Waals surface area contributed by atoms with E-state index in [9.17, 15) is 18.0 Å². The fourth-order valence-electron chi connectivity index (χ4n) is 2.45. The molecule has 3 N–H and O–H groups in total. The first-order chi connectivity index (χ1) is 12.2. The number of hydrogen-bond acceptors (Lipinski definition) is 4. The molecule has 0 radical (unpaired) electrons. The summed E-state index contributed by atoms with van der Waals surface area (Å²) in [5.74, 6) is -0.655. The van der Waals surface area contributed by atoms with Gasteiger partial charge in [-0.05, 0) is 44.2 Å². The van der Waals surface area contributed by atoms with E-state index in [0.717, 1.165) is 18.4 Å². The van der Waals surface area contributed by atoms with Gasteiger partial charge in [-0.15, -0.1) is 0 Å². The Morgan fingerprint density at radius 2 is 1.77 bits per heavy atom. The largest absolute Gasteiger partial charge is 0.352 e. The number of amides is 2. The second-order valence-corrected chi connectivity index (χ2v) is 8.89. The van der Waals surface area contributed by atoms with Crippen LogP contribution in [0, 0.1) is 12.8 Å². The van der Waals surface area contributed by atoms with Crippen molar-refractivity contribution in [3.05, 3.63) is 29.8 Å². The summed E-state index contributed by atoms with van der Waals surface area (Å²) in [6, 6.07) is 5.69. The molecule has 7 nitrogen and oxygen atoms in total. The van der Waals surface area contributed by atoms with E-state index in [1.54, 1.807) is 12.1 Å². The molecule has 1 saturated carbocycles. The van der Waals surface area contributed by atoms with E-state index >= 15 is 0 Å². The van der Waals surface area contributed by atoms with Gasteiger partial charge in [0.1, 0.15) is 6.04 Å². The van der Waals surface area contributed by atoms with Crippen LogP contribution in [0.1, 0.15) is 38.7 Å². The highest BCUT2D eigenvalue weighted by atomic mass is 32.2. The molecule has 1 unspecified atom stereocenters. The third kappa shape index (κ3) is 6.42. The quantitative estimate of drug-likeness (QED) is 0.595. The zero-order chi connectivity index (χ0) is 19.3. The van der Waals surface area contributed by atoms with Crippen LogP contribution in [0.5, 0.6) is 0 Å². The summed E-state index contributed by atoms with van der Waals surface area (Å²) in [7, 11) is -3.83. The van der Waals surface area contributed by atoms with E-state index < -0.39 is 22.0 Å². The van der Waals surface area contributed by atoms with Gasteiger partial charge in [0, 0.05) is 6.04 Å². The smallest absolute Gasteiger partial charge is 0.241 e. The van der Waals surface area contributed by atoms with Gasteiger partial charge in [-0.2, -0.15) is 4.72 Å². The highest BCUT2D eigenvalue weighted by molar-refractivity contribution is 7.89. The SMILES string of the molecule is Cc1ccc(S(=O)(=O)NC(CC(C)C)C(=O)NCC(=O)NC2CC2)cc1. The normalized spacial score (nSPS) is 15.5. The molecule has 1 aromatic carbocycles. The number of sulfonamides is 1. The molecule has 2 rings (SSSR count). The van der Waals surface area contributed by atoms with Crippen LogP contribution in [0.4, 0.5) is 0 Å². The van der Waals surface area contributed by atoms with Crippen LogP contribution in [0.3, 0.4) is 0 Å². The maximum atomic E-state index is 12.6. The molecule has 0 bridgehead atoms. The number of benzene rings is 1. The first-order valence-electron chi connectivity index (χ1n) is 8.83. The Morgan fingerprint density at radius 3 is 2.31 bits per heavy atom. The molecule has 0 heterocycles. The third-order valence-corrected chi connectivity index (χ3v) is 5.51. The lowest BCUT2D eigenvalue weighted by Gasteiger charge is -2.20. The van der Waals surface area contributed by atoms with E-state index in [1.807, 2.05) is 20.8 Å². The zero-order valence-electron chi connectivity index (χ0n) is 15.4. The summed E-state index contributed by atoms with van der Waals surface area (Å²) in [5.41, 5.74) is 0.946. The average Bonchev–Trinajstić information content (AvgIpc) is 3.35. The van der Waals surface area contributed by atoms with Crippen molar-refractivity contribution >= 4 is 21.8 Å². The van der Waals surface area contributed by atoms with Gasteiger partial charge in [0.15, 0.2) is 0 Å². The van der Waals surface area contributed by atoms with Crippen molar-refractivity contribution in [2.24, 2.45) is 5.92 Å². The molecule has 1 aromatic rings. The summed E-state index contributed by atoms with van der Waals surface area (Å²) in [6.07, 6.45) is 2.26. The molecule has 0 aromatic heterocycles.